The maximum absolute atomic E-state index is 13.5. The molecule has 1 aliphatic heterocycles. The lowest BCUT2D eigenvalue weighted by molar-refractivity contribution is -0.256. The lowest BCUT2D eigenvalue weighted by Crippen LogP contribution is -2.61. The Hall–Kier alpha value is -2.61. The summed E-state index contributed by atoms with van der Waals surface area (Å²) in [7, 11) is 0. The number of nitrogens with one attached hydrogen (secondary N) is 1. The van der Waals surface area contributed by atoms with Crippen LogP contribution in [0.1, 0.15) is 31.9 Å². The average Bonchev–Trinajstić information content (AvgIpc) is 2.77. The van der Waals surface area contributed by atoms with Gasteiger partial charge >= 0.3 is 24.1 Å². The van der Waals surface area contributed by atoms with E-state index in [1.54, 1.807) is 0 Å². The first-order chi connectivity index (χ1) is 17.5. The number of halogens is 6. The Balaban J connectivity index is 2.63. The number of carbonyl (C=O) groups is 3. The molecule has 0 aliphatic carbocycles. The minimum atomic E-state index is -4.73. The van der Waals surface area contributed by atoms with E-state index in [-0.39, 0.29) is 5.56 Å². The molecule has 10 nitrogen and oxygen atoms in total. The fourth-order valence-corrected chi connectivity index (χ4v) is 3.49. The van der Waals surface area contributed by atoms with Crippen LogP contribution in [0.4, 0.5) is 13.2 Å². The van der Waals surface area contributed by atoms with Crippen molar-refractivity contribution >= 4 is 64.8 Å². The highest BCUT2D eigenvalue weighted by Crippen LogP contribution is 2.35. The smallest absolute Gasteiger partial charge is 0.417 e. The van der Waals surface area contributed by atoms with Gasteiger partial charge in [0, 0.05) is 32.5 Å². The molecule has 1 heterocycles. The van der Waals surface area contributed by atoms with E-state index in [0.29, 0.717) is 0 Å². The van der Waals surface area contributed by atoms with Crippen molar-refractivity contribution in [2.75, 3.05) is 6.61 Å². The molecule has 1 aromatic rings. The average molecular weight is 606 g/mol. The molecule has 1 aliphatic rings. The van der Waals surface area contributed by atoms with Crippen molar-refractivity contribution in [2.45, 2.75) is 61.4 Å². The zero-order chi connectivity index (χ0) is 28.8. The lowest BCUT2D eigenvalue weighted by atomic mass is 9.96. The number of rotatable bonds is 7. The van der Waals surface area contributed by atoms with Crippen molar-refractivity contribution in [3.8, 4) is 0 Å². The Morgan fingerprint density at radius 2 is 1.58 bits per heavy atom. The molecule has 210 valence electrons. The SMILES string of the molecule is CC(=O)OC[C@H]1O[C@H](OC(=N)C(Cl)(Cl)Cl)[C@H](N=Cc2ccccc2C(F)(F)F)[C@@H](OC(C)=O)[C@H]1OC(C)=O. The van der Waals surface area contributed by atoms with Crippen LogP contribution in [0, 0.1) is 5.41 Å². The van der Waals surface area contributed by atoms with Gasteiger partial charge in [-0.2, -0.15) is 13.2 Å². The number of nitrogens with zero attached hydrogens (tertiary/aromatic N) is 1. The second-order valence-corrected chi connectivity index (χ2v) is 10.1. The topological polar surface area (TPSA) is 134 Å². The van der Waals surface area contributed by atoms with E-state index in [2.05, 4.69) is 4.99 Å². The van der Waals surface area contributed by atoms with Gasteiger partial charge in [0.2, 0.25) is 12.2 Å². The third kappa shape index (κ3) is 9.00. The van der Waals surface area contributed by atoms with Gasteiger partial charge in [0.1, 0.15) is 12.7 Å². The Morgan fingerprint density at radius 3 is 2.11 bits per heavy atom. The molecule has 0 spiro atoms. The van der Waals surface area contributed by atoms with Gasteiger partial charge in [0.05, 0.1) is 5.56 Å². The van der Waals surface area contributed by atoms with E-state index in [9.17, 15) is 27.6 Å². The largest absolute Gasteiger partial charge is 0.463 e. The molecule has 2 rings (SSSR count). The number of carbonyl (C=O) groups excluding carboxylic acids is 3. The first-order valence-corrected chi connectivity index (χ1v) is 11.8. The van der Waals surface area contributed by atoms with Crippen LogP contribution in [0.15, 0.2) is 29.3 Å². The summed E-state index contributed by atoms with van der Waals surface area (Å²) in [4.78, 5) is 39.3. The van der Waals surface area contributed by atoms with Crippen LogP contribution in [-0.2, 0) is 44.2 Å². The molecule has 1 N–H and O–H groups in total. The standard InChI is InChI=1S/C22H22Cl3F3N2O8/c1-10(31)34-9-15-17(35-11(2)32)18(36-12(3)33)16(19(37-15)38-20(29)21(23,24)25)30-8-13-6-4-5-7-14(13)22(26,27)28/h4-8,15-19,29H,9H2,1-3H3/t15-,16-,17+,18-,19-/m1/s1. The van der Waals surface area contributed by atoms with Crippen LogP contribution < -0.4 is 0 Å². The molecular weight excluding hydrogens is 584 g/mol. The maximum Gasteiger partial charge on any atom is 0.417 e. The third-order valence-electron chi connectivity index (χ3n) is 4.81. The summed E-state index contributed by atoms with van der Waals surface area (Å²) in [6.45, 7) is 2.59. The maximum atomic E-state index is 13.5. The fraction of sp³-hybridized carbons (Fsp3) is 0.500. The van der Waals surface area contributed by atoms with Crippen molar-refractivity contribution < 1.29 is 51.2 Å². The van der Waals surface area contributed by atoms with E-state index >= 15 is 0 Å². The summed E-state index contributed by atoms with van der Waals surface area (Å²) in [6, 6.07) is 2.90. The van der Waals surface area contributed by atoms with E-state index in [1.807, 2.05) is 0 Å². The summed E-state index contributed by atoms with van der Waals surface area (Å²) in [5.74, 6) is -3.47. The van der Waals surface area contributed by atoms with Crippen molar-refractivity contribution in [2.24, 2.45) is 4.99 Å². The highest BCUT2D eigenvalue weighted by molar-refractivity contribution is 6.76. The minimum Gasteiger partial charge on any atom is -0.463 e. The van der Waals surface area contributed by atoms with Gasteiger partial charge in [0.25, 0.3) is 3.79 Å². The Labute approximate surface area is 229 Å². The quantitative estimate of drug-likeness (QED) is 0.162. The van der Waals surface area contributed by atoms with Gasteiger partial charge in [-0.05, 0) is 6.07 Å². The zero-order valence-electron chi connectivity index (χ0n) is 20.0. The molecule has 16 heteroatoms. The van der Waals surface area contributed by atoms with Gasteiger partial charge in [-0.1, -0.05) is 53.0 Å². The molecular formula is C22H22Cl3F3N2O8. The van der Waals surface area contributed by atoms with Crippen LogP contribution in [0.2, 0.25) is 0 Å². The van der Waals surface area contributed by atoms with Gasteiger partial charge in [-0.25, -0.2) is 0 Å². The summed E-state index contributed by atoms with van der Waals surface area (Å²) >= 11 is 17.1. The molecule has 0 bridgehead atoms. The Kier molecular flexibility index (Phi) is 10.8. The normalized spacial score (nSPS) is 24.0. The van der Waals surface area contributed by atoms with E-state index < -0.39 is 76.6 Å². The molecule has 0 amide bonds. The molecule has 0 aromatic heterocycles. The van der Waals surface area contributed by atoms with Crippen molar-refractivity contribution in [1.29, 1.82) is 5.41 Å². The summed E-state index contributed by atoms with van der Waals surface area (Å²) in [5, 5.41) is 7.91. The number of esters is 3. The van der Waals surface area contributed by atoms with Crippen LogP contribution in [-0.4, -0.2) is 71.1 Å². The predicted molar refractivity (Wildman–Crippen MR) is 128 cm³/mol. The molecule has 38 heavy (non-hydrogen) atoms. The Morgan fingerprint density at radius 1 is 1.00 bits per heavy atom. The minimum absolute atomic E-state index is 0.372. The van der Waals surface area contributed by atoms with Crippen LogP contribution in [0.5, 0.6) is 0 Å². The van der Waals surface area contributed by atoms with E-state index in [1.165, 1.54) is 12.1 Å². The second kappa shape index (κ2) is 13.0. The molecule has 1 fully saturated rings. The predicted octanol–water partition coefficient (Wildman–Crippen LogP) is 4.01. The number of alkyl halides is 6. The fourth-order valence-electron chi connectivity index (χ4n) is 3.36. The summed E-state index contributed by atoms with van der Waals surface area (Å²) in [5.41, 5.74) is -1.40. The lowest BCUT2D eigenvalue weighted by Gasteiger charge is -2.43. The summed E-state index contributed by atoms with van der Waals surface area (Å²) < 4.78 is 64.6. The Bertz CT molecular complexity index is 1080. The van der Waals surface area contributed by atoms with Crippen molar-refractivity contribution in [3.05, 3.63) is 35.4 Å². The number of ether oxygens (including phenoxy) is 5. The first-order valence-electron chi connectivity index (χ1n) is 10.7. The van der Waals surface area contributed by atoms with Gasteiger partial charge in [-0.15, -0.1) is 0 Å². The van der Waals surface area contributed by atoms with Gasteiger partial charge < -0.3 is 23.7 Å². The number of aliphatic imine (C=N–C) groups is 1. The van der Waals surface area contributed by atoms with E-state index in [4.69, 9.17) is 63.9 Å². The molecule has 0 saturated carbocycles. The van der Waals surface area contributed by atoms with Gasteiger partial charge in [-0.3, -0.25) is 24.8 Å². The van der Waals surface area contributed by atoms with Crippen LogP contribution in [0.25, 0.3) is 0 Å². The van der Waals surface area contributed by atoms with Gasteiger partial charge in [0.15, 0.2) is 18.2 Å². The van der Waals surface area contributed by atoms with E-state index in [0.717, 1.165) is 39.1 Å². The zero-order valence-corrected chi connectivity index (χ0v) is 22.2. The highest BCUT2D eigenvalue weighted by atomic mass is 35.6. The van der Waals surface area contributed by atoms with Crippen LogP contribution >= 0.6 is 34.8 Å². The monoisotopic (exact) mass is 604 g/mol. The van der Waals surface area contributed by atoms with Crippen LogP contribution in [0.3, 0.4) is 0 Å². The first kappa shape index (κ1) is 31.6. The van der Waals surface area contributed by atoms with Crippen molar-refractivity contribution in [1.82, 2.24) is 0 Å². The molecule has 0 radical (unpaired) electrons. The highest BCUT2D eigenvalue weighted by Gasteiger charge is 2.52. The third-order valence-corrected chi connectivity index (χ3v) is 5.33. The second-order valence-electron chi connectivity index (χ2n) is 7.79. The molecule has 1 aromatic carbocycles. The number of hydrogen-bond donors (Lipinski definition) is 1. The molecule has 0 unspecified atom stereocenters. The molecule has 1 saturated heterocycles. The number of hydrogen-bond acceptors (Lipinski definition) is 10. The molecule has 5 atom stereocenters. The van der Waals surface area contributed by atoms with Crippen molar-refractivity contribution in [3.63, 3.8) is 0 Å². The summed E-state index contributed by atoms with van der Waals surface area (Å²) in [6.07, 6.45) is -10.0. The number of benzene rings is 1.